The average Bonchev–Trinajstić information content (AvgIpc) is 3.87. The largest absolute Gasteiger partial charge is 0.309 e. The zero-order valence-electron chi connectivity index (χ0n) is 33.7. The molecule has 0 aliphatic rings. The lowest BCUT2D eigenvalue weighted by Crippen LogP contribution is -1.97. The smallest absolute Gasteiger partial charge is 0.160 e. The van der Waals surface area contributed by atoms with Gasteiger partial charge in [-0.25, -0.2) is 9.97 Å². The summed E-state index contributed by atoms with van der Waals surface area (Å²) in [6.45, 7) is 0. The van der Waals surface area contributed by atoms with Gasteiger partial charge in [0.25, 0.3) is 0 Å². The summed E-state index contributed by atoms with van der Waals surface area (Å²) in [5.41, 5.74) is 16.6. The normalized spacial score (nSPS) is 11.5. The monoisotopic (exact) mass is 790 g/mol. The Morgan fingerprint density at radius 1 is 0.242 bits per heavy atom. The molecule has 290 valence electrons. The second-order valence-electron chi connectivity index (χ2n) is 15.8. The molecule has 12 rings (SSSR count). The first kappa shape index (κ1) is 35.6. The highest BCUT2D eigenvalue weighted by Crippen LogP contribution is 2.38. The minimum absolute atomic E-state index is 0.698. The summed E-state index contributed by atoms with van der Waals surface area (Å²) < 4.78 is 4.74. The van der Waals surface area contributed by atoms with Crippen molar-refractivity contribution >= 4 is 43.6 Å². The van der Waals surface area contributed by atoms with Crippen LogP contribution < -0.4 is 0 Å². The zero-order valence-corrected chi connectivity index (χ0v) is 33.7. The lowest BCUT2D eigenvalue weighted by atomic mass is 9.98. The quantitative estimate of drug-likeness (QED) is 0.161. The minimum atomic E-state index is 0.698. The Labute approximate surface area is 359 Å². The molecule has 0 N–H and O–H groups in total. The van der Waals surface area contributed by atoms with Gasteiger partial charge in [0.05, 0.1) is 33.5 Å². The first-order valence-electron chi connectivity index (χ1n) is 21.1. The predicted octanol–water partition coefficient (Wildman–Crippen LogP) is 15.0. The Bertz CT molecular complexity index is 3530. The van der Waals surface area contributed by atoms with Gasteiger partial charge < -0.3 is 9.13 Å². The molecule has 0 radical (unpaired) electrons. The number of hydrogen-bond acceptors (Lipinski definition) is 2. The highest BCUT2D eigenvalue weighted by atomic mass is 15.0. The molecule has 0 unspecified atom stereocenters. The van der Waals surface area contributed by atoms with E-state index in [-0.39, 0.29) is 0 Å². The number of hydrogen-bond donors (Lipinski definition) is 0. The van der Waals surface area contributed by atoms with E-state index in [9.17, 15) is 0 Å². The Kier molecular flexibility index (Phi) is 8.46. The van der Waals surface area contributed by atoms with Gasteiger partial charge in [-0.2, -0.15) is 0 Å². The highest BCUT2D eigenvalue weighted by molar-refractivity contribution is 6.11. The summed E-state index contributed by atoms with van der Waals surface area (Å²) in [6, 6.07) is 82.2. The van der Waals surface area contributed by atoms with Crippen LogP contribution in [0.2, 0.25) is 0 Å². The van der Waals surface area contributed by atoms with E-state index < -0.39 is 0 Å². The van der Waals surface area contributed by atoms with E-state index in [1.807, 2.05) is 36.4 Å². The van der Waals surface area contributed by atoms with E-state index in [1.54, 1.807) is 0 Å². The molecule has 0 amide bonds. The van der Waals surface area contributed by atoms with E-state index >= 15 is 0 Å². The third-order valence-electron chi connectivity index (χ3n) is 12.2. The highest BCUT2D eigenvalue weighted by Gasteiger charge is 2.17. The lowest BCUT2D eigenvalue weighted by molar-refractivity contribution is 1.16. The molecule has 4 heteroatoms. The molecule has 4 nitrogen and oxygen atoms in total. The van der Waals surface area contributed by atoms with Gasteiger partial charge in [0.1, 0.15) is 0 Å². The number of rotatable bonds is 7. The van der Waals surface area contributed by atoms with Crippen molar-refractivity contribution in [3.63, 3.8) is 0 Å². The number of nitrogens with zero attached hydrogens (tertiary/aromatic N) is 4. The molecule has 3 heterocycles. The maximum absolute atomic E-state index is 5.08. The first-order valence-corrected chi connectivity index (χ1v) is 21.1. The van der Waals surface area contributed by atoms with Crippen molar-refractivity contribution < 1.29 is 0 Å². The molecule has 9 aromatic carbocycles. The van der Waals surface area contributed by atoms with Crippen molar-refractivity contribution in [2.24, 2.45) is 0 Å². The van der Waals surface area contributed by atoms with Crippen LogP contribution in [0.25, 0.3) is 111 Å². The van der Waals surface area contributed by atoms with Crippen LogP contribution in [0.15, 0.2) is 231 Å². The van der Waals surface area contributed by atoms with Crippen LogP contribution in [-0.4, -0.2) is 19.1 Å². The van der Waals surface area contributed by atoms with Crippen molar-refractivity contribution in [1.29, 1.82) is 0 Å². The molecule has 3 aromatic heterocycles. The second-order valence-corrected chi connectivity index (χ2v) is 15.8. The second kappa shape index (κ2) is 14.7. The van der Waals surface area contributed by atoms with Crippen LogP contribution in [-0.2, 0) is 0 Å². The fourth-order valence-corrected chi connectivity index (χ4v) is 9.14. The summed E-state index contributed by atoms with van der Waals surface area (Å²) in [5.74, 6) is 0.698. The summed E-state index contributed by atoms with van der Waals surface area (Å²) in [7, 11) is 0. The third-order valence-corrected chi connectivity index (χ3v) is 12.2. The maximum atomic E-state index is 5.08. The van der Waals surface area contributed by atoms with Crippen LogP contribution in [0.5, 0.6) is 0 Å². The molecule has 0 fully saturated rings. The van der Waals surface area contributed by atoms with Crippen LogP contribution in [0.4, 0.5) is 0 Å². The molecule has 62 heavy (non-hydrogen) atoms. The Morgan fingerprint density at radius 3 is 1.27 bits per heavy atom. The first-order chi connectivity index (χ1) is 30.7. The number of benzene rings is 9. The molecule has 0 saturated carbocycles. The third kappa shape index (κ3) is 6.08. The fourth-order valence-electron chi connectivity index (χ4n) is 9.14. The summed E-state index contributed by atoms with van der Waals surface area (Å²) in [4.78, 5) is 10.2. The van der Waals surface area contributed by atoms with E-state index in [2.05, 4.69) is 203 Å². The van der Waals surface area contributed by atoms with Crippen molar-refractivity contribution in [2.75, 3.05) is 0 Å². The minimum Gasteiger partial charge on any atom is -0.309 e. The molecule has 0 atom stereocenters. The molecular weight excluding hydrogens is 753 g/mol. The van der Waals surface area contributed by atoms with Gasteiger partial charge >= 0.3 is 0 Å². The lowest BCUT2D eigenvalue weighted by Gasteiger charge is -2.12. The van der Waals surface area contributed by atoms with Crippen molar-refractivity contribution in [2.45, 2.75) is 0 Å². The molecular formula is C58H38N4. The van der Waals surface area contributed by atoms with Gasteiger partial charge in [-0.3, -0.25) is 0 Å². The van der Waals surface area contributed by atoms with Gasteiger partial charge in [0, 0.05) is 49.6 Å². The van der Waals surface area contributed by atoms with Gasteiger partial charge in [-0.1, -0.05) is 158 Å². The SMILES string of the molecule is c1ccc(-c2cc(-c3ccccc3)nc(-c3ccc(-n4c5ccccc5c5ccc(-c6ccc(-c7ccc8c(c7)c7ccccc7n8-c7ccccc7)cc6)cc54)cc3)n2)cc1. The number of para-hydroxylation sites is 3. The van der Waals surface area contributed by atoms with Crippen molar-refractivity contribution in [1.82, 2.24) is 19.1 Å². The van der Waals surface area contributed by atoms with Crippen LogP contribution >= 0.6 is 0 Å². The molecule has 0 aliphatic carbocycles. The van der Waals surface area contributed by atoms with E-state index in [0.717, 1.165) is 39.3 Å². The molecule has 0 saturated heterocycles. The molecule has 0 aliphatic heterocycles. The fraction of sp³-hybridized carbons (Fsp3) is 0. The Morgan fingerprint density at radius 2 is 0.661 bits per heavy atom. The molecule has 0 bridgehead atoms. The Hall–Kier alpha value is -8.34. The molecule has 12 aromatic rings. The summed E-state index contributed by atoms with van der Waals surface area (Å²) in [6.07, 6.45) is 0. The van der Waals surface area contributed by atoms with Gasteiger partial charge in [-0.05, 0) is 95.1 Å². The number of aromatic nitrogens is 4. The van der Waals surface area contributed by atoms with E-state index in [1.165, 1.54) is 66.0 Å². The summed E-state index contributed by atoms with van der Waals surface area (Å²) >= 11 is 0. The van der Waals surface area contributed by atoms with E-state index in [4.69, 9.17) is 9.97 Å². The number of fused-ring (bicyclic) bond motifs is 6. The van der Waals surface area contributed by atoms with Gasteiger partial charge in [0.2, 0.25) is 0 Å². The predicted molar refractivity (Wildman–Crippen MR) is 258 cm³/mol. The van der Waals surface area contributed by atoms with Crippen LogP contribution in [0, 0.1) is 0 Å². The average molecular weight is 791 g/mol. The maximum Gasteiger partial charge on any atom is 0.160 e. The van der Waals surface area contributed by atoms with Crippen molar-refractivity contribution in [3.05, 3.63) is 231 Å². The Balaban J connectivity index is 0.908. The standard InChI is InChI=1S/C58H38N4/c1-4-14-41(15-5-1)52-38-53(42-16-6-2-7-17-42)60-58(59-52)43-28-32-47(33-29-43)62-54-22-12-10-20-48(54)50-34-30-45(37-57(50)62)40-26-24-39(25-27-40)44-31-35-56-51(36-44)49-21-11-13-23-55(49)61(56)46-18-8-3-9-19-46/h1-38H. The van der Waals surface area contributed by atoms with Crippen LogP contribution in [0.3, 0.4) is 0 Å². The van der Waals surface area contributed by atoms with Crippen molar-refractivity contribution in [3.8, 4) is 67.5 Å². The topological polar surface area (TPSA) is 35.6 Å². The van der Waals surface area contributed by atoms with E-state index in [0.29, 0.717) is 5.82 Å². The zero-order chi connectivity index (χ0) is 41.0. The van der Waals surface area contributed by atoms with Crippen LogP contribution in [0.1, 0.15) is 0 Å². The van der Waals surface area contributed by atoms with Gasteiger partial charge in [-0.15, -0.1) is 0 Å². The summed E-state index contributed by atoms with van der Waals surface area (Å²) in [5, 5.41) is 4.96. The molecule has 0 spiro atoms. The van der Waals surface area contributed by atoms with Gasteiger partial charge in [0.15, 0.2) is 5.82 Å².